The van der Waals surface area contributed by atoms with Gasteiger partial charge in [0.1, 0.15) is 0 Å². The Morgan fingerprint density at radius 3 is 2.81 bits per heavy atom. The third kappa shape index (κ3) is 2.45. The molecule has 16 heavy (non-hydrogen) atoms. The Kier molecular flexibility index (Phi) is 3.97. The van der Waals surface area contributed by atoms with Crippen LogP contribution in [0.15, 0.2) is 30.3 Å². The summed E-state index contributed by atoms with van der Waals surface area (Å²) < 4.78 is 0. The third-order valence-corrected chi connectivity index (χ3v) is 3.62. The van der Waals surface area contributed by atoms with E-state index in [4.69, 9.17) is 0 Å². The molecule has 2 nitrogen and oxygen atoms in total. The van der Waals surface area contributed by atoms with E-state index in [9.17, 15) is 5.11 Å². The topological polar surface area (TPSA) is 32.3 Å². The van der Waals surface area contributed by atoms with Crippen LogP contribution in [0.1, 0.15) is 37.9 Å². The van der Waals surface area contributed by atoms with E-state index in [-0.39, 0.29) is 6.10 Å². The summed E-state index contributed by atoms with van der Waals surface area (Å²) >= 11 is 0. The zero-order valence-electron chi connectivity index (χ0n) is 9.89. The van der Waals surface area contributed by atoms with Crippen LogP contribution in [-0.2, 0) is 0 Å². The Morgan fingerprint density at radius 1 is 1.38 bits per heavy atom. The number of piperidine rings is 1. The minimum Gasteiger partial charge on any atom is -0.388 e. The van der Waals surface area contributed by atoms with E-state index >= 15 is 0 Å². The van der Waals surface area contributed by atoms with Crippen LogP contribution in [0.4, 0.5) is 0 Å². The summed E-state index contributed by atoms with van der Waals surface area (Å²) in [5.41, 5.74) is 1.05. The largest absolute Gasteiger partial charge is 0.388 e. The Labute approximate surface area is 97.7 Å². The van der Waals surface area contributed by atoms with Gasteiger partial charge < -0.3 is 10.4 Å². The van der Waals surface area contributed by atoms with Gasteiger partial charge in [0, 0.05) is 12.0 Å². The van der Waals surface area contributed by atoms with Crippen molar-refractivity contribution in [1.29, 1.82) is 0 Å². The zero-order valence-corrected chi connectivity index (χ0v) is 9.89. The first-order chi connectivity index (χ1) is 7.83. The van der Waals surface area contributed by atoms with Crippen molar-refractivity contribution in [1.82, 2.24) is 5.32 Å². The predicted octanol–water partition coefficient (Wildman–Crippen LogP) is 2.50. The third-order valence-electron chi connectivity index (χ3n) is 3.62. The van der Waals surface area contributed by atoms with Gasteiger partial charge in [0.25, 0.3) is 0 Å². The fourth-order valence-electron chi connectivity index (χ4n) is 2.70. The van der Waals surface area contributed by atoms with E-state index in [2.05, 4.69) is 12.2 Å². The summed E-state index contributed by atoms with van der Waals surface area (Å²) in [6.07, 6.45) is 3.07. The van der Waals surface area contributed by atoms with Crippen molar-refractivity contribution in [3.8, 4) is 0 Å². The summed E-state index contributed by atoms with van der Waals surface area (Å²) in [5.74, 6) is 0.362. The van der Waals surface area contributed by atoms with Crippen molar-refractivity contribution in [3.63, 3.8) is 0 Å². The van der Waals surface area contributed by atoms with Gasteiger partial charge in [0.15, 0.2) is 0 Å². The molecule has 0 spiro atoms. The number of benzene rings is 1. The molecule has 1 saturated heterocycles. The highest BCUT2D eigenvalue weighted by molar-refractivity contribution is 5.18. The predicted molar refractivity (Wildman–Crippen MR) is 66.2 cm³/mol. The van der Waals surface area contributed by atoms with Gasteiger partial charge in [-0.2, -0.15) is 0 Å². The van der Waals surface area contributed by atoms with Gasteiger partial charge in [-0.05, 0) is 31.4 Å². The molecule has 2 rings (SSSR count). The second kappa shape index (κ2) is 5.46. The highest BCUT2D eigenvalue weighted by Crippen LogP contribution is 2.31. The average Bonchev–Trinajstić information content (AvgIpc) is 2.39. The van der Waals surface area contributed by atoms with Crippen molar-refractivity contribution in [3.05, 3.63) is 35.9 Å². The summed E-state index contributed by atoms with van der Waals surface area (Å²) in [6, 6.07) is 10.5. The molecule has 0 aliphatic carbocycles. The van der Waals surface area contributed by atoms with Crippen molar-refractivity contribution in [2.75, 3.05) is 6.54 Å². The molecule has 0 bridgehead atoms. The molecule has 0 aromatic heterocycles. The number of hydrogen-bond acceptors (Lipinski definition) is 2. The number of aliphatic hydroxyl groups excluding tert-OH is 1. The van der Waals surface area contributed by atoms with Gasteiger partial charge in [0.05, 0.1) is 6.10 Å². The lowest BCUT2D eigenvalue weighted by atomic mass is 9.82. The molecule has 1 heterocycles. The number of hydrogen-bond donors (Lipinski definition) is 2. The van der Waals surface area contributed by atoms with E-state index < -0.39 is 0 Å². The van der Waals surface area contributed by atoms with Gasteiger partial charge in [-0.1, -0.05) is 37.3 Å². The summed E-state index contributed by atoms with van der Waals surface area (Å²) in [7, 11) is 0. The van der Waals surface area contributed by atoms with Crippen LogP contribution in [-0.4, -0.2) is 17.7 Å². The van der Waals surface area contributed by atoms with Crippen LogP contribution in [0.5, 0.6) is 0 Å². The highest BCUT2D eigenvalue weighted by atomic mass is 16.3. The van der Waals surface area contributed by atoms with Gasteiger partial charge >= 0.3 is 0 Å². The second-order valence-electron chi connectivity index (χ2n) is 4.63. The first-order valence-electron chi connectivity index (χ1n) is 6.29. The molecule has 1 aromatic rings. The second-order valence-corrected chi connectivity index (χ2v) is 4.63. The van der Waals surface area contributed by atoms with E-state index in [1.807, 2.05) is 30.3 Å². The molecule has 0 unspecified atom stereocenters. The molecular formula is C14H21NO. The minimum atomic E-state index is -0.320. The first-order valence-corrected chi connectivity index (χ1v) is 6.29. The Bertz CT molecular complexity index is 312. The normalized spacial score (nSPS) is 27.6. The molecule has 0 saturated carbocycles. The summed E-state index contributed by atoms with van der Waals surface area (Å²) in [6.45, 7) is 3.28. The lowest BCUT2D eigenvalue weighted by molar-refractivity contribution is 0.0638. The number of aliphatic hydroxyl groups is 1. The standard InChI is InChI=1S/C14H21NO/c1-2-13-12(9-6-10-15-13)14(16)11-7-4-3-5-8-11/h3-5,7-8,12-16H,2,6,9-10H2,1H3/t12-,13-,14-/m0/s1. The molecule has 2 N–H and O–H groups in total. The van der Waals surface area contributed by atoms with Crippen molar-refractivity contribution >= 4 is 0 Å². The molecule has 2 heteroatoms. The molecular weight excluding hydrogens is 198 g/mol. The Balaban J connectivity index is 2.10. The van der Waals surface area contributed by atoms with Crippen molar-refractivity contribution < 1.29 is 5.11 Å². The first kappa shape index (κ1) is 11.6. The van der Waals surface area contributed by atoms with Gasteiger partial charge in [-0.15, -0.1) is 0 Å². The van der Waals surface area contributed by atoms with Crippen LogP contribution < -0.4 is 5.32 Å². The maximum absolute atomic E-state index is 10.4. The molecule has 0 radical (unpaired) electrons. The molecule has 0 amide bonds. The van der Waals surface area contributed by atoms with Crippen LogP contribution >= 0.6 is 0 Å². The quantitative estimate of drug-likeness (QED) is 0.818. The van der Waals surface area contributed by atoms with Gasteiger partial charge in [-0.3, -0.25) is 0 Å². The maximum Gasteiger partial charge on any atom is 0.0833 e. The summed E-state index contributed by atoms with van der Waals surface area (Å²) in [4.78, 5) is 0. The SMILES string of the molecule is CC[C@@H]1NCCC[C@@H]1[C@@H](O)c1ccccc1. The van der Waals surface area contributed by atoms with E-state index in [1.165, 1.54) is 6.42 Å². The molecule has 1 aromatic carbocycles. The Morgan fingerprint density at radius 2 is 2.12 bits per heavy atom. The van der Waals surface area contributed by atoms with Gasteiger partial charge in [0.2, 0.25) is 0 Å². The fourth-order valence-corrected chi connectivity index (χ4v) is 2.70. The van der Waals surface area contributed by atoms with Crippen LogP contribution in [0.25, 0.3) is 0 Å². The van der Waals surface area contributed by atoms with Crippen molar-refractivity contribution in [2.24, 2.45) is 5.92 Å². The van der Waals surface area contributed by atoms with Gasteiger partial charge in [-0.25, -0.2) is 0 Å². The molecule has 88 valence electrons. The highest BCUT2D eigenvalue weighted by Gasteiger charge is 2.30. The molecule has 3 atom stereocenters. The lowest BCUT2D eigenvalue weighted by Crippen LogP contribution is -2.43. The van der Waals surface area contributed by atoms with E-state index in [1.54, 1.807) is 0 Å². The van der Waals surface area contributed by atoms with E-state index in [0.717, 1.165) is 24.9 Å². The van der Waals surface area contributed by atoms with Crippen molar-refractivity contribution in [2.45, 2.75) is 38.3 Å². The number of rotatable bonds is 3. The van der Waals surface area contributed by atoms with Crippen LogP contribution in [0, 0.1) is 5.92 Å². The van der Waals surface area contributed by atoms with Crippen LogP contribution in [0.3, 0.4) is 0 Å². The maximum atomic E-state index is 10.4. The van der Waals surface area contributed by atoms with E-state index in [0.29, 0.717) is 12.0 Å². The molecule has 1 aliphatic heterocycles. The monoisotopic (exact) mass is 219 g/mol. The fraction of sp³-hybridized carbons (Fsp3) is 0.571. The smallest absolute Gasteiger partial charge is 0.0833 e. The Hall–Kier alpha value is -0.860. The molecule has 1 aliphatic rings. The minimum absolute atomic E-state index is 0.320. The number of nitrogens with one attached hydrogen (secondary N) is 1. The van der Waals surface area contributed by atoms with Crippen LogP contribution in [0.2, 0.25) is 0 Å². The lowest BCUT2D eigenvalue weighted by Gasteiger charge is -2.35. The molecule has 1 fully saturated rings. The average molecular weight is 219 g/mol. The zero-order chi connectivity index (χ0) is 11.4. The summed E-state index contributed by atoms with van der Waals surface area (Å²) in [5, 5.41) is 13.9.